The van der Waals surface area contributed by atoms with E-state index in [0.717, 1.165) is 12.8 Å². The summed E-state index contributed by atoms with van der Waals surface area (Å²) in [6.45, 7) is 0. The number of hydrogen-bond donors (Lipinski definition) is 1. The summed E-state index contributed by atoms with van der Waals surface area (Å²) >= 11 is 1.87. The third-order valence-electron chi connectivity index (χ3n) is 4.09. The van der Waals surface area contributed by atoms with Crippen LogP contribution in [0.3, 0.4) is 0 Å². The molecular weight excluding hydrogens is 270 g/mol. The molecule has 0 radical (unpaired) electrons. The van der Waals surface area contributed by atoms with Gasteiger partial charge >= 0.3 is 0 Å². The zero-order valence-corrected chi connectivity index (χ0v) is 11.5. The first-order valence-corrected chi connectivity index (χ1v) is 7.38. The Labute approximate surface area is 115 Å². The average molecular weight is 286 g/mol. The van der Waals surface area contributed by atoms with Crippen LogP contribution in [0.2, 0.25) is 0 Å². The minimum absolute atomic E-state index is 0.0722. The molecule has 2 fully saturated rings. The molecule has 2 nitrogen and oxygen atoms in total. The lowest BCUT2D eigenvalue weighted by atomic mass is 9.85. The van der Waals surface area contributed by atoms with Gasteiger partial charge in [0.15, 0.2) is 11.6 Å². The summed E-state index contributed by atoms with van der Waals surface area (Å²) in [5, 5.41) is 11.4. The number of fused-ring (bicyclic) bond motifs is 2. The summed E-state index contributed by atoms with van der Waals surface area (Å²) < 4.78 is 32.7. The molecule has 1 aromatic rings. The Balaban J connectivity index is 2.00. The Morgan fingerprint density at radius 3 is 2.42 bits per heavy atom. The fraction of sp³-hybridized carbons (Fsp3) is 0.571. The second-order valence-electron chi connectivity index (χ2n) is 5.34. The Kier molecular flexibility index (Phi) is 3.21. The van der Waals surface area contributed by atoms with Crippen molar-refractivity contribution in [1.29, 1.82) is 0 Å². The van der Waals surface area contributed by atoms with Crippen LogP contribution in [0, 0.1) is 11.6 Å². The molecule has 3 rings (SSSR count). The van der Waals surface area contributed by atoms with E-state index in [1.807, 2.05) is 11.8 Å². The van der Waals surface area contributed by atoms with Gasteiger partial charge in [-0.15, -0.1) is 0 Å². The molecular formula is C14H16F2O2S. The Bertz CT molecular complexity index is 494. The molecule has 2 unspecified atom stereocenters. The number of rotatable bonds is 2. The average Bonchev–Trinajstić information content (AvgIpc) is 2.72. The molecule has 1 aromatic carbocycles. The van der Waals surface area contributed by atoms with Crippen molar-refractivity contribution in [1.82, 2.24) is 0 Å². The Morgan fingerprint density at radius 1 is 1.21 bits per heavy atom. The number of thioether (sulfide) groups is 1. The second kappa shape index (κ2) is 4.63. The maximum Gasteiger partial charge on any atom is 0.200 e. The monoisotopic (exact) mass is 286 g/mol. The normalized spacial score (nSPS) is 33.5. The van der Waals surface area contributed by atoms with Gasteiger partial charge in [0, 0.05) is 16.1 Å². The summed E-state index contributed by atoms with van der Waals surface area (Å²) in [6, 6.07) is 2.84. The Morgan fingerprint density at radius 2 is 1.84 bits per heavy atom. The topological polar surface area (TPSA) is 29.5 Å². The van der Waals surface area contributed by atoms with Gasteiger partial charge in [0.05, 0.1) is 12.7 Å². The van der Waals surface area contributed by atoms with Crippen molar-refractivity contribution in [2.75, 3.05) is 7.11 Å². The molecule has 2 atom stereocenters. The summed E-state index contributed by atoms with van der Waals surface area (Å²) in [7, 11) is 1.30. The number of benzene rings is 1. The first kappa shape index (κ1) is 13.2. The number of methoxy groups -OCH3 is 1. The SMILES string of the molecule is COc1ccc(C2(O)CC3CCC(C2)S3)c(F)c1F. The predicted molar refractivity (Wildman–Crippen MR) is 70.4 cm³/mol. The van der Waals surface area contributed by atoms with Gasteiger partial charge in [-0.2, -0.15) is 16.2 Å². The van der Waals surface area contributed by atoms with E-state index >= 15 is 0 Å². The minimum Gasteiger partial charge on any atom is -0.494 e. The largest absolute Gasteiger partial charge is 0.494 e. The van der Waals surface area contributed by atoms with Gasteiger partial charge in [-0.05, 0) is 37.8 Å². The zero-order valence-electron chi connectivity index (χ0n) is 10.7. The maximum atomic E-state index is 14.1. The van der Waals surface area contributed by atoms with Crippen LogP contribution in [0.5, 0.6) is 5.75 Å². The third-order valence-corrected chi connectivity index (χ3v) is 5.67. The van der Waals surface area contributed by atoms with Crippen molar-refractivity contribution in [2.45, 2.75) is 41.8 Å². The summed E-state index contributed by atoms with van der Waals surface area (Å²) in [5.74, 6) is -2.12. The molecule has 0 amide bonds. The highest BCUT2D eigenvalue weighted by Gasteiger charge is 2.46. The van der Waals surface area contributed by atoms with Crippen LogP contribution in [-0.4, -0.2) is 22.7 Å². The summed E-state index contributed by atoms with van der Waals surface area (Å²) in [6.07, 6.45) is 3.10. The fourth-order valence-corrected chi connectivity index (χ4v) is 5.02. The first-order chi connectivity index (χ1) is 9.03. The first-order valence-electron chi connectivity index (χ1n) is 6.44. The number of hydrogen-bond acceptors (Lipinski definition) is 3. The molecule has 2 heterocycles. The van der Waals surface area contributed by atoms with E-state index < -0.39 is 17.2 Å². The minimum atomic E-state index is -1.24. The number of ether oxygens (including phenoxy) is 1. The number of halogens is 2. The quantitative estimate of drug-likeness (QED) is 0.905. The Hall–Kier alpha value is -0.810. The molecule has 0 saturated carbocycles. The lowest BCUT2D eigenvalue weighted by Crippen LogP contribution is -2.35. The van der Waals surface area contributed by atoms with Gasteiger partial charge in [-0.3, -0.25) is 0 Å². The fourth-order valence-electron chi connectivity index (χ4n) is 3.19. The molecule has 1 N–H and O–H groups in total. The summed E-state index contributed by atoms with van der Waals surface area (Å²) in [4.78, 5) is 0. The second-order valence-corrected chi connectivity index (χ2v) is 6.95. The van der Waals surface area contributed by atoms with Crippen molar-refractivity contribution in [3.05, 3.63) is 29.3 Å². The summed E-state index contributed by atoms with van der Waals surface area (Å²) in [5.41, 5.74) is -1.17. The van der Waals surface area contributed by atoms with Crippen LogP contribution in [0.25, 0.3) is 0 Å². The zero-order chi connectivity index (χ0) is 13.6. The van der Waals surface area contributed by atoms with Crippen LogP contribution >= 0.6 is 11.8 Å². The van der Waals surface area contributed by atoms with E-state index in [2.05, 4.69) is 0 Å². The van der Waals surface area contributed by atoms with E-state index in [1.54, 1.807) is 0 Å². The van der Waals surface area contributed by atoms with Crippen LogP contribution < -0.4 is 4.74 Å². The van der Waals surface area contributed by atoms with Gasteiger partial charge in [-0.25, -0.2) is 4.39 Å². The van der Waals surface area contributed by atoms with E-state index in [4.69, 9.17) is 4.74 Å². The van der Waals surface area contributed by atoms with Crippen molar-refractivity contribution < 1.29 is 18.6 Å². The highest BCUT2D eigenvalue weighted by atomic mass is 32.2. The molecule has 0 spiro atoms. The number of aliphatic hydroxyl groups is 1. The van der Waals surface area contributed by atoms with Crippen LogP contribution in [0.1, 0.15) is 31.2 Å². The van der Waals surface area contributed by atoms with E-state index in [1.165, 1.54) is 19.2 Å². The van der Waals surface area contributed by atoms with Crippen molar-refractivity contribution in [2.24, 2.45) is 0 Å². The third kappa shape index (κ3) is 2.13. The molecule has 0 aliphatic carbocycles. The van der Waals surface area contributed by atoms with Gasteiger partial charge < -0.3 is 9.84 Å². The van der Waals surface area contributed by atoms with Crippen molar-refractivity contribution in [3.63, 3.8) is 0 Å². The van der Waals surface area contributed by atoms with E-state index in [0.29, 0.717) is 23.3 Å². The molecule has 0 aromatic heterocycles. The van der Waals surface area contributed by atoms with Crippen molar-refractivity contribution in [3.8, 4) is 5.75 Å². The van der Waals surface area contributed by atoms with Gasteiger partial charge in [0.1, 0.15) is 0 Å². The molecule has 2 aliphatic rings. The maximum absolute atomic E-state index is 14.1. The molecule has 2 bridgehead atoms. The van der Waals surface area contributed by atoms with E-state index in [9.17, 15) is 13.9 Å². The van der Waals surface area contributed by atoms with Crippen molar-refractivity contribution >= 4 is 11.8 Å². The van der Waals surface area contributed by atoms with Crippen LogP contribution in [0.15, 0.2) is 12.1 Å². The van der Waals surface area contributed by atoms with Crippen LogP contribution in [0.4, 0.5) is 8.78 Å². The van der Waals surface area contributed by atoms with E-state index in [-0.39, 0.29) is 11.3 Å². The molecule has 2 saturated heterocycles. The predicted octanol–water partition coefficient (Wildman–Crippen LogP) is 3.22. The van der Waals surface area contributed by atoms with Gasteiger partial charge in [0.2, 0.25) is 5.82 Å². The lowest BCUT2D eigenvalue weighted by molar-refractivity contribution is 0.0155. The molecule has 5 heteroatoms. The molecule has 104 valence electrons. The highest BCUT2D eigenvalue weighted by molar-refractivity contribution is 8.00. The smallest absolute Gasteiger partial charge is 0.200 e. The van der Waals surface area contributed by atoms with Crippen LogP contribution in [-0.2, 0) is 5.60 Å². The van der Waals surface area contributed by atoms with Gasteiger partial charge in [-0.1, -0.05) is 0 Å². The molecule has 19 heavy (non-hydrogen) atoms. The lowest BCUT2D eigenvalue weighted by Gasteiger charge is -2.36. The molecule has 2 aliphatic heterocycles. The standard InChI is InChI=1S/C14H16F2O2S/c1-18-11-5-4-10(12(15)13(11)16)14(17)6-8-2-3-9(7-14)19-8/h4-5,8-9,17H,2-3,6-7H2,1H3. The highest BCUT2D eigenvalue weighted by Crippen LogP contribution is 2.51. The van der Waals surface area contributed by atoms with Gasteiger partial charge in [0.25, 0.3) is 0 Å².